The molecular weight excluding hydrogens is 374 g/mol. The summed E-state index contributed by atoms with van der Waals surface area (Å²) in [6, 6.07) is 20.0. The second kappa shape index (κ2) is 7.75. The summed E-state index contributed by atoms with van der Waals surface area (Å²) in [4.78, 5) is 21.7. The normalized spacial score (nSPS) is 15.3. The molecule has 0 atom stereocenters. The van der Waals surface area contributed by atoms with Crippen LogP contribution in [0.1, 0.15) is 36.8 Å². The second-order valence-electron chi connectivity index (χ2n) is 7.90. The summed E-state index contributed by atoms with van der Waals surface area (Å²) in [5.41, 5.74) is 4.14. The molecule has 0 radical (unpaired) electrons. The maximum Gasteiger partial charge on any atom is 0.230 e. The van der Waals surface area contributed by atoms with Crippen LogP contribution in [0.2, 0.25) is 0 Å². The van der Waals surface area contributed by atoms with Crippen LogP contribution in [-0.4, -0.2) is 15.9 Å². The lowest BCUT2D eigenvalue weighted by molar-refractivity contribution is -0.126. The Kier molecular flexibility index (Phi) is 4.79. The number of amides is 1. The molecule has 2 aromatic heterocycles. The van der Waals surface area contributed by atoms with Crippen molar-refractivity contribution in [2.75, 3.05) is 0 Å². The van der Waals surface area contributed by atoms with Crippen molar-refractivity contribution in [1.29, 1.82) is 0 Å². The molecule has 5 nitrogen and oxygen atoms in total. The van der Waals surface area contributed by atoms with Crippen molar-refractivity contribution in [3.8, 4) is 11.5 Å². The molecule has 30 heavy (non-hydrogen) atoms. The van der Waals surface area contributed by atoms with E-state index < -0.39 is 5.41 Å². The largest absolute Gasteiger partial charge is 0.436 e. The Morgan fingerprint density at radius 2 is 1.77 bits per heavy atom. The van der Waals surface area contributed by atoms with Crippen LogP contribution in [0.4, 0.5) is 0 Å². The van der Waals surface area contributed by atoms with Crippen LogP contribution in [0.15, 0.2) is 77.5 Å². The number of oxazole rings is 1. The number of nitrogens with one attached hydrogen (secondary N) is 1. The van der Waals surface area contributed by atoms with Gasteiger partial charge in [-0.15, -0.1) is 0 Å². The van der Waals surface area contributed by atoms with E-state index in [1.54, 1.807) is 18.5 Å². The average Bonchev–Trinajstić information content (AvgIpc) is 3.46. The van der Waals surface area contributed by atoms with Gasteiger partial charge in [0.1, 0.15) is 5.52 Å². The van der Waals surface area contributed by atoms with Crippen LogP contribution >= 0.6 is 0 Å². The van der Waals surface area contributed by atoms with Gasteiger partial charge in [-0.25, -0.2) is 4.98 Å². The molecule has 0 unspecified atom stereocenters. The molecule has 5 rings (SSSR count). The molecule has 0 aliphatic heterocycles. The molecule has 1 N–H and O–H groups in total. The summed E-state index contributed by atoms with van der Waals surface area (Å²) in [6.45, 7) is 0.505. The first kappa shape index (κ1) is 18.6. The maximum atomic E-state index is 13.2. The predicted molar refractivity (Wildman–Crippen MR) is 116 cm³/mol. The topological polar surface area (TPSA) is 68.0 Å². The highest BCUT2D eigenvalue weighted by Gasteiger charge is 2.42. The molecule has 1 aliphatic rings. The number of hydrogen-bond acceptors (Lipinski definition) is 4. The van der Waals surface area contributed by atoms with E-state index in [0.29, 0.717) is 12.4 Å². The lowest BCUT2D eigenvalue weighted by atomic mass is 9.78. The zero-order valence-corrected chi connectivity index (χ0v) is 16.7. The van der Waals surface area contributed by atoms with E-state index in [1.165, 1.54) is 0 Å². The van der Waals surface area contributed by atoms with E-state index in [1.807, 2.05) is 42.5 Å². The van der Waals surface area contributed by atoms with Crippen molar-refractivity contribution in [3.05, 3.63) is 84.2 Å². The van der Waals surface area contributed by atoms with E-state index >= 15 is 0 Å². The minimum Gasteiger partial charge on any atom is -0.436 e. The van der Waals surface area contributed by atoms with Gasteiger partial charge in [0.05, 0.1) is 11.6 Å². The van der Waals surface area contributed by atoms with E-state index in [0.717, 1.165) is 53.5 Å². The second-order valence-corrected chi connectivity index (χ2v) is 7.90. The summed E-state index contributed by atoms with van der Waals surface area (Å²) in [5, 5.41) is 3.17. The van der Waals surface area contributed by atoms with Crippen molar-refractivity contribution in [2.45, 2.75) is 37.6 Å². The van der Waals surface area contributed by atoms with Gasteiger partial charge >= 0.3 is 0 Å². The van der Waals surface area contributed by atoms with Gasteiger partial charge in [-0.2, -0.15) is 0 Å². The summed E-state index contributed by atoms with van der Waals surface area (Å²) in [6.07, 6.45) is 7.39. The monoisotopic (exact) mass is 397 g/mol. The first-order valence-corrected chi connectivity index (χ1v) is 10.4. The molecule has 0 bridgehead atoms. The van der Waals surface area contributed by atoms with Crippen LogP contribution < -0.4 is 5.32 Å². The highest BCUT2D eigenvalue weighted by molar-refractivity contribution is 5.88. The molecule has 1 amide bonds. The number of pyridine rings is 1. The van der Waals surface area contributed by atoms with E-state index in [4.69, 9.17) is 4.42 Å². The third-order valence-corrected chi connectivity index (χ3v) is 6.06. The average molecular weight is 397 g/mol. The Morgan fingerprint density at radius 1 is 1.00 bits per heavy atom. The molecule has 1 aliphatic carbocycles. The number of nitrogens with zero attached hydrogens (tertiary/aromatic N) is 2. The molecule has 1 saturated carbocycles. The molecule has 2 heterocycles. The van der Waals surface area contributed by atoms with Crippen LogP contribution in [0.5, 0.6) is 0 Å². The minimum absolute atomic E-state index is 0.127. The van der Waals surface area contributed by atoms with Crippen molar-refractivity contribution < 1.29 is 9.21 Å². The summed E-state index contributed by atoms with van der Waals surface area (Å²) < 4.78 is 5.80. The molecule has 1 fully saturated rings. The fourth-order valence-corrected chi connectivity index (χ4v) is 4.40. The van der Waals surface area contributed by atoms with Crippen LogP contribution in [-0.2, 0) is 16.8 Å². The van der Waals surface area contributed by atoms with Crippen molar-refractivity contribution in [2.24, 2.45) is 0 Å². The standard InChI is InChI=1S/C25H23N3O2/c29-24(25(13-4-5-14-25)20-6-2-1-3-7-20)27-16-18-8-10-19(11-9-18)23-28-21-17-26-15-12-22(21)30-23/h1-3,6-12,15,17H,4-5,13-14,16H2,(H,27,29). The summed E-state index contributed by atoms with van der Waals surface area (Å²) in [5.74, 6) is 0.698. The number of fused-ring (bicyclic) bond motifs is 1. The molecule has 0 spiro atoms. The Hall–Kier alpha value is -3.47. The van der Waals surface area contributed by atoms with Gasteiger partial charge < -0.3 is 9.73 Å². The number of rotatable bonds is 5. The first-order chi connectivity index (χ1) is 14.7. The lowest BCUT2D eigenvalue weighted by Crippen LogP contribution is -2.42. The van der Waals surface area contributed by atoms with Gasteiger partial charge in [0.15, 0.2) is 5.58 Å². The highest BCUT2D eigenvalue weighted by Crippen LogP contribution is 2.41. The fraction of sp³-hybridized carbons (Fsp3) is 0.240. The van der Waals surface area contributed by atoms with Gasteiger partial charge in [0.25, 0.3) is 0 Å². The zero-order valence-electron chi connectivity index (χ0n) is 16.7. The molecule has 4 aromatic rings. The minimum atomic E-state index is -0.395. The Morgan fingerprint density at radius 3 is 2.50 bits per heavy atom. The van der Waals surface area contributed by atoms with Gasteiger partial charge in [-0.1, -0.05) is 55.3 Å². The molecule has 150 valence electrons. The van der Waals surface area contributed by atoms with E-state index in [2.05, 4.69) is 27.4 Å². The number of aromatic nitrogens is 2. The van der Waals surface area contributed by atoms with Gasteiger partial charge in [-0.3, -0.25) is 9.78 Å². The fourth-order valence-electron chi connectivity index (χ4n) is 4.40. The van der Waals surface area contributed by atoms with Gasteiger partial charge in [-0.05, 0) is 36.1 Å². The number of carbonyl (C=O) groups is 1. The zero-order chi connectivity index (χ0) is 20.4. The summed E-state index contributed by atoms with van der Waals surface area (Å²) in [7, 11) is 0. The number of hydrogen-bond donors (Lipinski definition) is 1. The predicted octanol–water partition coefficient (Wildman–Crippen LogP) is 5.02. The SMILES string of the molecule is O=C(NCc1ccc(-c2nc3cnccc3o2)cc1)C1(c2ccccc2)CCCC1. The smallest absolute Gasteiger partial charge is 0.230 e. The van der Waals surface area contributed by atoms with Crippen LogP contribution in [0.25, 0.3) is 22.6 Å². The summed E-state index contributed by atoms with van der Waals surface area (Å²) >= 11 is 0. The Labute approximate surface area is 175 Å². The Balaban J connectivity index is 1.30. The van der Waals surface area contributed by atoms with Crippen molar-refractivity contribution in [3.63, 3.8) is 0 Å². The number of benzene rings is 2. The first-order valence-electron chi connectivity index (χ1n) is 10.4. The van der Waals surface area contributed by atoms with Crippen LogP contribution in [0, 0.1) is 0 Å². The molecule has 2 aromatic carbocycles. The van der Waals surface area contributed by atoms with Gasteiger partial charge in [0.2, 0.25) is 11.8 Å². The van der Waals surface area contributed by atoms with Crippen molar-refractivity contribution in [1.82, 2.24) is 15.3 Å². The highest BCUT2D eigenvalue weighted by atomic mass is 16.3. The third-order valence-electron chi connectivity index (χ3n) is 6.06. The molecular formula is C25H23N3O2. The third kappa shape index (κ3) is 3.36. The quantitative estimate of drug-likeness (QED) is 0.513. The van der Waals surface area contributed by atoms with Crippen molar-refractivity contribution >= 4 is 17.0 Å². The Bertz CT molecular complexity index is 1130. The van der Waals surface area contributed by atoms with Gasteiger partial charge in [0, 0.05) is 24.4 Å². The van der Waals surface area contributed by atoms with Crippen LogP contribution in [0.3, 0.4) is 0 Å². The maximum absolute atomic E-state index is 13.2. The lowest BCUT2D eigenvalue weighted by Gasteiger charge is -2.28. The molecule has 5 heteroatoms. The molecule has 0 saturated heterocycles. The number of carbonyl (C=O) groups excluding carboxylic acids is 1. The van der Waals surface area contributed by atoms with E-state index in [-0.39, 0.29) is 5.91 Å². The van der Waals surface area contributed by atoms with E-state index in [9.17, 15) is 4.79 Å².